The predicted molar refractivity (Wildman–Crippen MR) is 55.7 cm³/mol. The molecule has 0 nitrogen and oxygen atoms in total. The van der Waals surface area contributed by atoms with Crippen LogP contribution in [0.2, 0.25) is 0 Å². The molecule has 3 heteroatoms. The Kier molecular flexibility index (Phi) is 4.64. The Morgan fingerprint density at radius 2 is 1.69 bits per heavy atom. The quantitative estimate of drug-likeness (QED) is 0.468. The minimum atomic E-state index is 0. The first kappa shape index (κ1) is 13.8. The van der Waals surface area contributed by atoms with E-state index in [0.717, 1.165) is 0 Å². The molecule has 0 amide bonds. The van der Waals surface area contributed by atoms with E-state index in [1.54, 1.807) is 0 Å². The number of rotatable bonds is 0. The van der Waals surface area contributed by atoms with E-state index in [4.69, 9.17) is 0 Å². The van der Waals surface area contributed by atoms with Crippen molar-refractivity contribution in [3.8, 4) is 0 Å². The summed E-state index contributed by atoms with van der Waals surface area (Å²) in [6, 6.07) is 13.1. The van der Waals surface area contributed by atoms with Gasteiger partial charge in [-0.15, -0.1) is 0 Å². The summed E-state index contributed by atoms with van der Waals surface area (Å²) in [4.78, 5) is 0. The second-order valence-corrected chi connectivity index (χ2v) is 4.60. The average Bonchev–Trinajstić information content (AvgIpc) is 2.61. The van der Waals surface area contributed by atoms with Crippen LogP contribution >= 0.6 is 0 Å². The number of hydrogen-bond acceptors (Lipinski definition) is 0. The number of benzene rings is 2. The van der Waals surface area contributed by atoms with Gasteiger partial charge < -0.3 is 24.8 Å². The molecule has 2 aromatic carbocycles. The Hall–Kier alpha value is -0.266. The second kappa shape index (κ2) is 5.38. The molecule has 0 aromatic heterocycles. The third-order valence-corrected chi connectivity index (χ3v) is 3.58. The van der Waals surface area contributed by atoms with Gasteiger partial charge in [0.2, 0.25) is 0 Å². The molecule has 0 bridgehead atoms. The third kappa shape index (κ3) is 2.08. The van der Waals surface area contributed by atoms with E-state index in [1.807, 2.05) is 0 Å². The van der Waals surface area contributed by atoms with Crippen molar-refractivity contribution in [1.82, 2.24) is 0 Å². The Labute approximate surface area is 119 Å². The summed E-state index contributed by atoms with van der Waals surface area (Å²) in [5.74, 6) is 0. The molecule has 0 heterocycles. The second-order valence-electron chi connectivity index (χ2n) is 3.63. The molecule has 2 aromatic rings. The minimum absolute atomic E-state index is 0. The van der Waals surface area contributed by atoms with Gasteiger partial charge in [0.25, 0.3) is 0 Å². The molecule has 0 radical (unpaired) electrons. The van der Waals surface area contributed by atoms with Crippen LogP contribution in [0, 0.1) is 0 Å². The zero-order chi connectivity index (χ0) is 9.54. The molecule has 1 aliphatic rings. The van der Waals surface area contributed by atoms with Crippen LogP contribution in [0.1, 0.15) is 15.3 Å². The number of allylic oxidation sites excluding steroid dienone is 1. The van der Waals surface area contributed by atoms with Gasteiger partial charge in [-0.25, -0.2) is 0 Å². The standard InChI is InChI=1S/C13H9.2ClH.Ti/c1-2-6-12-10(4-1)8-9-11-5-3-7-13(11)12;;;/h1-9H;2*1H;/q;;;+2/p-2. The summed E-state index contributed by atoms with van der Waals surface area (Å²) in [5.41, 5.74) is 2.87. The van der Waals surface area contributed by atoms with Crippen LogP contribution in [0.5, 0.6) is 0 Å². The van der Waals surface area contributed by atoms with E-state index >= 15 is 0 Å². The normalized spacial score (nSPS) is 16.5. The zero-order valence-corrected chi connectivity index (χ0v) is 11.5. The van der Waals surface area contributed by atoms with Gasteiger partial charge in [0.1, 0.15) is 0 Å². The first-order valence-electron chi connectivity index (χ1n) is 4.77. The molecule has 16 heavy (non-hydrogen) atoms. The number of fused-ring (bicyclic) bond motifs is 3. The van der Waals surface area contributed by atoms with Crippen LogP contribution in [0.15, 0.2) is 42.5 Å². The summed E-state index contributed by atoms with van der Waals surface area (Å²) in [6.07, 6.45) is 4.53. The van der Waals surface area contributed by atoms with Crippen molar-refractivity contribution >= 4 is 16.8 Å². The fourth-order valence-electron chi connectivity index (χ4n) is 2.07. The summed E-state index contributed by atoms with van der Waals surface area (Å²) in [5, 5.41) is 2.72. The van der Waals surface area contributed by atoms with Crippen LogP contribution in [0.3, 0.4) is 0 Å². The summed E-state index contributed by atoms with van der Waals surface area (Å²) in [6.45, 7) is 0. The molecule has 1 aliphatic carbocycles. The Morgan fingerprint density at radius 3 is 2.50 bits per heavy atom. The summed E-state index contributed by atoms with van der Waals surface area (Å²) >= 11 is 2.25. The van der Waals surface area contributed by atoms with E-state index in [2.05, 4.69) is 69.0 Å². The number of hydrogen-bond donors (Lipinski definition) is 0. The Balaban J connectivity index is 0.000000640. The summed E-state index contributed by atoms with van der Waals surface area (Å²) in [7, 11) is 0. The van der Waals surface area contributed by atoms with Gasteiger partial charge in [0.15, 0.2) is 0 Å². The maximum absolute atomic E-state index is 2.27. The van der Waals surface area contributed by atoms with E-state index in [0.29, 0.717) is 4.22 Å². The first-order chi connectivity index (χ1) is 6.86. The molecule has 0 fully saturated rings. The molecule has 0 aliphatic heterocycles. The molecule has 0 saturated carbocycles. The molecule has 79 valence electrons. The van der Waals surface area contributed by atoms with Crippen molar-refractivity contribution in [2.45, 2.75) is 4.22 Å². The van der Waals surface area contributed by atoms with Crippen LogP contribution in [0.25, 0.3) is 16.8 Å². The van der Waals surface area contributed by atoms with Crippen molar-refractivity contribution in [1.29, 1.82) is 0 Å². The third-order valence-electron chi connectivity index (χ3n) is 2.79. The van der Waals surface area contributed by atoms with E-state index < -0.39 is 0 Å². The molecule has 1 atom stereocenters. The summed E-state index contributed by atoms with van der Waals surface area (Å²) < 4.78 is 0.578. The van der Waals surface area contributed by atoms with Crippen molar-refractivity contribution in [2.75, 3.05) is 0 Å². The van der Waals surface area contributed by atoms with E-state index in [1.165, 1.54) is 21.9 Å². The zero-order valence-electron chi connectivity index (χ0n) is 8.45. The van der Waals surface area contributed by atoms with Crippen molar-refractivity contribution in [3.63, 3.8) is 0 Å². The predicted octanol–water partition coefficient (Wildman–Crippen LogP) is -2.54. The van der Waals surface area contributed by atoms with Crippen molar-refractivity contribution in [3.05, 3.63) is 53.6 Å². The number of halogens is 2. The van der Waals surface area contributed by atoms with Gasteiger partial charge in [0.05, 0.1) is 0 Å². The molecular weight excluding hydrogens is 275 g/mol. The van der Waals surface area contributed by atoms with Crippen molar-refractivity contribution in [2.24, 2.45) is 0 Å². The van der Waals surface area contributed by atoms with E-state index in [9.17, 15) is 0 Å². The van der Waals surface area contributed by atoms with E-state index in [-0.39, 0.29) is 24.8 Å². The van der Waals surface area contributed by atoms with Crippen LogP contribution < -0.4 is 24.8 Å². The van der Waals surface area contributed by atoms with Gasteiger partial charge in [-0.05, 0) is 0 Å². The SMILES string of the molecule is [Cl-].[Cl-].[Ti+2][CH]1C=Cc2c1ccc1ccccc21. The van der Waals surface area contributed by atoms with Crippen molar-refractivity contribution < 1.29 is 45.2 Å². The first-order valence-corrected chi connectivity index (χ1v) is 5.67. The topological polar surface area (TPSA) is 0 Å². The maximum atomic E-state index is 2.27. The van der Waals surface area contributed by atoms with Crippen LogP contribution in [-0.4, -0.2) is 0 Å². The van der Waals surface area contributed by atoms with Gasteiger partial charge in [-0.2, -0.15) is 0 Å². The average molecular weight is 284 g/mol. The Morgan fingerprint density at radius 1 is 0.938 bits per heavy atom. The fraction of sp³-hybridized carbons (Fsp3) is 0.0769. The molecular formula is C13H9Cl2Ti. The molecule has 1 unspecified atom stereocenters. The van der Waals surface area contributed by atoms with Gasteiger partial charge in [0, 0.05) is 0 Å². The van der Waals surface area contributed by atoms with Gasteiger partial charge in [-0.1, -0.05) is 0 Å². The Bertz CT molecular complexity index is 534. The monoisotopic (exact) mass is 283 g/mol. The molecule has 3 rings (SSSR count). The van der Waals surface area contributed by atoms with Crippen LogP contribution in [0.4, 0.5) is 0 Å². The van der Waals surface area contributed by atoms with Gasteiger partial charge in [-0.3, -0.25) is 0 Å². The van der Waals surface area contributed by atoms with Crippen LogP contribution in [-0.2, 0) is 20.4 Å². The molecule has 0 saturated heterocycles. The van der Waals surface area contributed by atoms with Gasteiger partial charge >= 0.3 is 95.1 Å². The molecule has 0 N–H and O–H groups in total. The fourth-order valence-corrected chi connectivity index (χ4v) is 2.61. The molecule has 0 spiro atoms.